The van der Waals surface area contributed by atoms with Crippen LogP contribution in [-0.2, 0) is 4.74 Å². The lowest BCUT2D eigenvalue weighted by Crippen LogP contribution is -2.20. The van der Waals surface area contributed by atoms with Gasteiger partial charge in [0.2, 0.25) is 0 Å². The number of carbonyl (C=O) groups excluding carboxylic acids is 1. The van der Waals surface area contributed by atoms with E-state index in [0.29, 0.717) is 0 Å². The van der Waals surface area contributed by atoms with Crippen molar-refractivity contribution in [3.8, 4) is 0 Å². The average Bonchev–Trinajstić information content (AvgIpc) is 2.26. The lowest BCUT2D eigenvalue weighted by atomic mass is 10.1. The van der Waals surface area contributed by atoms with Crippen LogP contribution in [0.3, 0.4) is 0 Å². The maximum absolute atomic E-state index is 12.1. The quantitative estimate of drug-likeness (QED) is 0.797. The fourth-order valence-corrected chi connectivity index (χ4v) is 1.11. The van der Waals surface area contributed by atoms with Crippen molar-refractivity contribution in [3.63, 3.8) is 0 Å². The molecule has 0 heterocycles. The summed E-state index contributed by atoms with van der Waals surface area (Å²) in [6, 6.07) is 4.39. The maximum atomic E-state index is 12.1. The molecule has 0 radical (unpaired) electrons. The van der Waals surface area contributed by atoms with Gasteiger partial charge in [0.1, 0.15) is 0 Å². The monoisotopic (exact) mass is 234 g/mol. The third-order valence-corrected chi connectivity index (χ3v) is 1.96. The minimum absolute atomic E-state index is 0.126. The molecule has 0 unspecified atom stereocenters. The van der Waals surface area contributed by atoms with Crippen LogP contribution in [0.25, 0.3) is 0 Å². The Kier molecular flexibility index (Phi) is 3.54. The van der Waals surface area contributed by atoms with Crippen molar-refractivity contribution in [2.45, 2.75) is 12.3 Å². The van der Waals surface area contributed by atoms with Crippen LogP contribution in [0.2, 0.25) is 0 Å². The summed E-state index contributed by atoms with van der Waals surface area (Å²) in [4.78, 5) is 11.0. The third kappa shape index (κ3) is 2.73. The fourth-order valence-electron chi connectivity index (χ4n) is 1.11. The Balaban J connectivity index is 2.91. The molecule has 6 heteroatoms. The number of hydrogen-bond acceptors (Lipinski definition) is 3. The molecule has 0 saturated carbocycles. The molecule has 0 amide bonds. The minimum Gasteiger partial charge on any atom is -0.465 e. The molecule has 0 aliphatic heterocycles. The van der Waals surface area contributed by atoms with Crippen molar-refractivity contribution in [1.29, 1.82) is 0 Å². The van der Waals surface area contributed by atoms with Gasteiger partial charge in [-0.25, -0.2) is 4.79 Å². The van der Waals surface area contributed by atoms with Gasteiger partial charge in [0.05, 0.1) is 12.7 Å². The number of methoxy groups -OCH3 is 1. The van der Waals surface area contributed by atoms with E-state index in [4.69, 9.17) is 5.11 Å². The number of carbonyl (C=O) groups is 1. The van der Waals surface area contributed by atoms with E-state index >= 15 is 0 Å². The van der Waals surface area contributed by atoms with E-state index in [0.717, 1.165) is 24.3 Å². The summed E-state index contributed by atoms with van der Waals surface area (Å²) in [7, 11) is 1.17. The Bertz CT molecular complexity index is 370. The van der Waals surface area contributed by atoms with Crippen LogP contribution >= 0.6 is 0 Å². The first-order valence-electron chi connectivity index (χ1n) is 4.29. The normalized spacial score (nSPS) is 13.3. The second kappa shape index (κ2) is 4.52. The summed E-state index contributed by atoms with van der Waals surface area (Å²) in [5, 5.41) is 8.90. The fraction of sp³-hybridized carbons (Fsp3) is 0.300. The number of alkyl halides is 3. The summed E-state index contributed by atoms with van der Waals surface area (Å²) < 4.78 is 40.7. The van der Waals surface area contributed by atoms with Crippen LogP contribution in [0.4, 0.5) is 13.2 Å². The highest BCUT2D eigenvalue weighted by molar-refractivity contribution is 5.89. The SMILES string of the molecule is COC(=O)c1ccc([C@H](O)C(F)(F)F)cc1. The molecule has 1 atom stereocenters. The van der Waals surface area contributed by atoms with E-state index in [2.05, 4.69) is 4.74 Å². The van der Waals surface area contributed by atoms with Gasteiger partial charge in [0.15, 0.2) is 6.10 Å². The van der Waals surface area contributed by atoms with Crippen LogP contribution < -0.4 is 0 Å². The molecule has 16 heavy (non-hydrogen) atoms. The molecule has 0 spiro atoms. The van der Waals surface area contributed by atoms with Crippen LogP contribution in [0.5, 0.6) is 0 Å². The molecule has 88 valence electrons. The van der Waals surface area contributed by atoms with Crippen LogP contribution in [0.1, 0.15) is 22.0 Å². The first kappa shape index (κ1) is 12.5. The van der Waals surface area contributed by atoms with Gasteiger partial charge in [-0.3, -0.25) is 0 Å². The van der Waals surface area contributed by atoms with E-state index in [-0.39, 0.29) is 11.1 Å². The van der Waals surface area contributed by atoms with Crippen molar-refractivity contribution in [1.82, 2.24) is 0 Å². The van der Waals surface area contributed by atoms with Gasteiger partial charge < -0.3 is 9.84 Å². The van der Waals surface area contributed by atoms with Crippen molar-refractivity contribution in [2.24, 2.45) is 0 Å². The molecule has 1 aromatic carbocycles. The predicted octanol–water partition coefficient (Wildman–Crippen LogP) is 2.07. The van der Waals surface area contributed by atoms with Crippen LogP contribution in [0.15, 0.2) is 24.3 Å². The zero-order valence-electron chi connectivity index (χ0n) is 8.28. The highest BCUT2D eigenvalue weighted by atomic mass is 19.4. The maximum Gasteiger partial charge on any atom is 0.418 e. The van der Waals surface area contributed by atoms with Gasteiger partial charge in [0.25, 0.3) is 0 Å². The predicted molar refractivity (Wildman–Crippen MR) is 48.8 cm³/mol. The molecule has 1 N–H and O–H groups in total. The molecular weight excluding hydrogens is 225 g/mol. The highest BCUT2D eigenvalue weighted by Gasteiger charge is 2.39. The molecule has 0 saturated heterocycles. The average molecular weight is 234 g/mol. The molecule has 0 fully saturated rings. The summed E-state index contributed by atoms with van der Waals surface area (Å²) in [5.41, 5.74) is -0.194. The van der Waals surface area contributed by atoms with E-state index in [1.54, 1.807) is 0 Å². The Morgan fingerprint density at radius 3 is 2.19 bits per heavy atom. The Morgan fingerprint density at radius 1 is 1.31 bits per heavy atom. The van der Waals surface area contributed by atoms with Gasteiger partial charge in [-0.05, 0) is 17.7 Å². The number of aliphatic hydroxyl groups excluding tert-OH is 1. The van der Waals surface area contributed by atoms with Crippen molar-refractivity contribution < 1.29 is 27.8 Å². The number of hydrogen-bond donors (Lipinski definition) is 1. The molecule has 0 aliphatic carbocycles. The van der Waals surface area contributed by atoms with E-state index in [9.17, 15) is 18.0 Å². The summed E-state index contributed by atoms with van der Waals surface area (Å²) >= 11 is 0. The Morgan fingerprint density at radius 2 is 1.81 bits per heavy atom. The topological polar surface area (TPSA) is 46.5 Å². The molecule has 3 nitrogen and oxygen atoms in total. The number of aliphatic hydroxyl groups is 1. The molecule has 0 aliphatic rings. The standard InChI is InChI=1S/C10H9F3O3/c1-16-9(15)7-4-2-6(3-5-7)8(14)10(11,12)13/h2-5,8,14H,1H3/t8-/m0/s1. The zero-order valence-corrected chi connectivity index (χ0v) is 8.28. The van der Waals surface area contributed by atoms with Gasteiger partial charge in [0, 0.05) is 0 Å². The number of benzene rings is 1. The molecular formula is C10H9F3O3. The number of rotatable bonds is 2. The highest BCUT2D eigenvalue weighted by Crippen LogP contribution is 2.32. The van der Waals surface area contributed by atoms with Crippen LogP contribution in [0, 0.1) is 0 Å². The number of esters is 1. The van der Waals surface area contributed by atoms with Crippen molar-refractivity contribution in [3.05, 3.63) is 35.4 Å². The number of halogens is 3. The minimum atomic E-state index is -4.72. The lowest BCUT2D eigenvalue weighted by molar-refractivity contribution is -0.206. The lowest BCUT2D eigenvalue weighted by Gasteiger charge is -2.14. The van der Waals surface area contributed by atoms with Gasteiger partial charge in [-0.15, -0.1) is 0 Å². The number of ether oxygens (including phenoxy) is 1. The van der Waals surface area contributed by atoms with Gasteiger partial charge >= 0.3 is 12.1 Å². The summed E-state index contributed by atoms with van der Waals surface area (Å²) in [6.45, 7) is 0. The summed E-state index contributed by atoms with van der Waals surface area (Å²) in [5.74, 6) is -0.645. The van der Waals surface area contributed by atoms with Crippen molar-refractivity contribution in [2.75, 3.05) is 7.11 Å². The molecule has 0 bridgehead atoms. The summed E-state index contributed by atoms with van der Waals surface area (Å²) in [6.07, 6.45) is -7.26. The molecule has 1 rings (SSSR count). The second-order valence-corrected chi connectivity index (χ2v) is 3.06. The van der Waals surface area contributed by atoms with Gasteiger partial charge in [-0.1, -0.05) is 12.1 Å². The Hall–Kier alpha value is -1.56. The second-order valence-electron chi connectivity index (χ2n) is 3.06. The molecule has 0 aromatic heterocycles. The Labute approximate surface area is 89.5 Å². The zero-order chi connectivity index (χ0) is 12.3. The first-order chi connectivity index (χ1) is 7.36. The van der Waals surface area contributed by atoms with E-state index < -0.39 is 18.2 Å². The van der Waals surface area contributed by atoms with E-state index in [1.165, 1.54) is 7.11 Å². The first-order valence-corrected chi connectivity index (χ1v) is 4.29. The van der Waals surface area contributed by atoms with Crippen LogP contribution in [-0.4, -0.2) is 24.4 Å². The molecule has 1 aromatic rings. The van der Waals surface area contributed by atoms with Crippen molar-refractivity contribution >= 4 is 5.97 Å². The smallest absolute Gasteiger partial charge is 0.418 e. The largest absolute Gasteiger partial charge is 0.465 e. The third-order valence-electron chi connectivity index (χ3n) is 1.96. The van der Waals surface area contributed by atoms with Gasteiger partial charge in [-0.2, -0.15) is 13.2 Å². The van der Waals surface area contributed by atoms with E-state index in [1.807, 2.05) is 0 Å².